The number of nitrogens with two attached hydrogens (primary N) is 1. The van der Waals surface area contributed by atoms with Gasteiger partial charge in [0.1, 0.15) is 0 Å². The topological polar surface area (TPSA) is 46.2 Å². The third-order valence-electron chi connectivity index (χ3n) is 2.03. The summed E-state index contributed by atoms with van der Waals surface area (Å²) >= 11 is -0.230. The Morgan fingerprint density at radius 1 is 1.23 bits per heavy atom. The Hall–Kier alpha value is -0.462. The molecule has 0 bridgehead atoms. The maximum absolute atomic E-state index is 9.34. The van der Waals surface area contributed by atoms with Crippen molar-refractivity contribution in [3.05, 3.63) is 24.3 Å². The number of aliphatic hydroxyl groups excluding tert-OH is 1. The quantitative estimate of drug-likeness (QED) is 0.598. The molecular formula is C10H16AsNO. The van der Waals surface area contributed by atoms with Crippen molar-refractivity contribution in [3.8, 4) is 0 Å². The van der Waals surface area contributed by atoms with Crippen LogP contribution in [0, 0.1) is 0 Å². The van der Waals surface area contributed by atoms with Crippen molar-refractivity contribution in [1.29, 1.82) is 0 Å². The molecule has 0 radical (unpaired) electrons. The first-order valence-corrected chi connectivity index (χ1v) is 6.66. The molecule has 3 heteroatoms. The van der Waals surface area contributed by atoms with E-state index in [4.69, 9.17) is 5.73 Å². The molecule has 0 aliphatic rings. The molecule has 3 unspecified atom stereocenters. The molecular weight excluding hydrogens is 225 g/mol. The zero-order chi connectivity index (χ0) is 9.84. The number of anilines is 1. The van der Waals surface area contributed by atoms with Gasteiger partial charge in [-0.3, -0.25) is 0 Å². The Bertz CT molecular complexity index is 258. The van der Waals surface area contributed by atoms with E-state index < -0.39 is 0 Å². The second kappa shape index (κ2) is 4.69. The summed E-state index contributed by atoms with van der Waals surface area (Å²) in [6, 6.07) is 7.98. The van der Waals surface area contributed by atoms with Crippen LogP contribution in [0.25, 0.3) is 0 Å². The Morgan fingerprint density at radius 2 is 1.77 bits per heavy atom. The molecule has 3 atom stereocenters. The molecule has 0 fully saturated rings. The Labute approximate surface area is 85.8 Å². The SMILES string of the molecule is CC(O)C(C)[AsH]c1ccc(N)cc1. The average Bonchev–Trinajstić information content (AvgIpc) is 2.08. The molecule has 0 aliphatic carbocycles. The fourth-order valence-electron chi connectivity index (χ4n) is 0.963. The van der Waals surface area contributed by atoms with Crippen LogP contribution in [0.5, 0.6) is 0 Å². The van der Waals surface area contributed by atoms with E-state index in [9.17, 15) is 5.11 Å². The van der Waals surface area contributed by atoms with Gasteiger partial charge in [-0.2, -0.15) is 0 Å². The standard InChI is InChI=1S/C10H16AsNO/c1-7(8(2)13)11-9-3-5-10(12)6-4-9/h3-8,11,13H,12H2,1-2H3. The van der Waals surface area contributed by atoms with Gasteiger partial charge in [0.15, 0.2) is 0 Å². The predicted octanol–water partition coefficient (Wildman–Crippen LogP) is 0.520. The normalized spacial score (nSPS) is 16.2. The first-order chi connectivity index (χ1) is 6.09. The summed E-state index contributed by atoms with van der Waals surface area (Å²) in [5.41, 5.74) is 6.39. The van der Waals surface area contributed by atoms with Crippen molar-refractivity contribution in [1.82, 2.24) is 0 Å². The van der Waals surface area contributed by atoms with E-state index in [1.165, 1.54) is 4.35 Å². The van der Waals surface area contributed by atoms with Gasteiger partial charge in [-0.25, -0.2) is 0 Å². The number of hydrogen-bond acceptors (Lipinski definition) is 2. The van der Waals surface area contributed by atoms with Crippen LogP contribution in [0.1, 0.15) is 13.8 Å². The Balaban J connectivity index is 2.59. The van der Waals surface area contributed by atoms with Crippen LogP contribution in [0.4, 0.5) is 5.69 Å². The fourth-order valence-corrected chi connectivity index (χ4v) is 3.33. The van der Waals surface area contributed by atoms with Gasteiger partial charge in [0.2, 0.25) is 0 Å². The molecule has 3 N–H and O–H groups in total. The Kier molecular flexibility index (Phi) is 3.83. The zero-order valence-electron chi connectivity index (χ0n) is 7.99. The van der Waals surface area contributed by atoms with Crippen molar-refractivity contribution in [2.24, 2.45) is 0 Å². The molecule has 0 spiro atoms. The van der Waals surface area contributed by atoms with Crippen molar-refractivity contribution in [3.63, 3.8) is 0 Å². The molecule has 2 nitrogen and oxygen atoms in total. The molecule has 13 heavy (non-hydrogen) atoms. The van der Waals surface area contributed by atoms with E-state index >= 15 is 0 Å². The third kappa shape index (κ3) is 3.41. The van der Waals surface area contributed by atoms with Crippen LogP contribution in [0.3, 0.4) is 0 Å². The number of benzene rings is 1. The molecule has 0 aromatic heterocycles. The van der Waals surface area contributed by atoms with Crippen LogP contribution in [0.15, 0.2) is 24.3 Å². The molecule has 0 aliphatic heterocycles. The van der Waals surface area contributed by atoms with E-state index in [0.29, 0.717) is 4.71 Å². The fraction of sp³-hybridized carbons (Fsp3) is 0.400. The van der Waals surface area contributed by atoms with Crippen LogP contribution in [-0.4, -0.2) is 27.0 Å². The van der Waals surface area contributed by atoms with Gasteiger partial charge in [-0.15, -0.1) is 0 Å². The summed E-state index contributed by atoms with van der Waals surface area (Å²) in [6.45, 7) is 3.95. The van der Waals surface area contributed by atoms with E-state index in [-0.39, 0.29) is 21.9 Å². The van der Waals surface area contributed by atoms with Gasteiger partial charge < -0.3 is 0 Å². The van der Waals surface area contributed by atoms with Gasteiger partial charge in [0, 0.05) is 0 Å². The van der Waals surface area contributed by atoms with Gasteiger partial charge >= 0.3 is 85.6 Å². The van der Waals surface area contributed by atoms with E-state index in [1.54, 1.807) is 0 Å². The van der Waals surface area contributed by atoms with E-state index in [2.05, 4.69) is 19.1 Å². The number of aliphatic hydroxyl groups is 1. The van der Waals surface area contributed by atoms with Gasteiger partial charge in [-0.05, 0) is 0 Å². The summed E-state index contributed by atoms with van der Waals surface area (Å²) in [6.07, 6.45) is -0.197. The first kappa shape index (κ1) is 10.6. The third-order valence-corrected chi connectivity index (χ3v) is 5.39. The minimum atomic E-state index is -0.230. The molecule has 72 valence electrons. The summed E-state index contributed by atoms with van der Waals surface area (Å²) < 4.78 is 1.77. The molecule has 1 aromatic rings. The van der Waals surface area contributed by atoms with Gasteiger partial charge in [0.05, 0.1) is 0 Å². The van der Waals surface area contributed by atoms with E-state index in [0.717, 1.165) is 5.69 Å². The molecule has 0 saturated carbocycles. The van der Waals surface area contributed by atoms with Crippen LogP contribution in [0.2, 0.25) is 4.71 Å². The zero-order valence-corrected chi connectivity index (χ0v) is 10.1. The van der Waals surface area contributed by atoms with Crippen molar-refractivity contribution in [2.75, 3.05) is 5.73 Å². The second-order valence-electron chi connectivity index (χ2n) is 3.30. The summed E-state index contributed by atoms with van der Waals surface area (Å²) in [4.78, 5) is 0. The molecule has 0 saturated heterocycles. The van der Waals surface area contributed by atoms with Crippen molar-refractivity contribution >= 4 is 25.8 Å². The van der Waals surface area contributed by atoms with Gasteiger partial charge in [0.25, 0.3) is 0 Å². The maximum atomic E-state index is 9.34. The molecule has 0 amide bonds. The monoisotopic (exact) mass is 241 g/mol. The predicted molar refractivity (Wildman–Crippen MR) is 58.7 cm³/mol. The molecule has 1 aromatic carbocycles. The van der Waals surface area contributed by atoms with Crippen molar-refractivity contribution < 1.29 is 5.11 Å². The second-order valence-corrected chi connectivity index (χ2v) is 7.02. The van der Waals surface area contributed by atoms with Crippen LogP contribution < -0.4 is 10.1 Å². The average molecular weight is 241 g/mol. The van der Waals surface area contributed by atoms with Crippen LogP contribution in [-0.2, 0) is 0 Å². The minimum absolute atomic E-state index is 0.197. The summed E-state index contributed by atoms with van der Waals surface area (Å²) in [7, 11) is 0. The van der Waals surface area contributed by atoms with Crippen LogP contribution >= 0.6 is 0 Å². The Morgan fingerprint density at radius 3 is 2.23 bits per heavy atom. The number of rotatable bonds is 3. The van der Waals surface area contributed by atoms with Gasteiger partial charge in [-0.1, -0.05) is 0 Å². The molecule has 0 heterocycles. The number of nitrogen functional groups attached to an aromatic ring is 1. The molecule has 1 rings (SSSR count). The van der Waals surface area contributed by atoms with Crippen molar-refractivity contribution in [2.45, 2.75) is 24.7 Å². The first-order valence-electron chi connectivity index (χ1n) is 4.39. The summed E-state index contributed by atoms with van der Waals surface area (Å²) in [5.74, 6) is 0. The summed E-state index contributed by atoms with van der Waals surface area (Å²) in [5, 5.41) is 9.34. The van der Waals surface area contributed by atoms with E-state index in [1.807, 2.05) is 19.1 Å². The number of hydrogen-bond donors (Lipinski definition) is 2.